The van der Waals surface area contributed by atoms with E-state index in [2.05, 4.69) is 6.58 Å². The second-order valence-corrected chi connectivity index (χ2v) is 1.97. The molecule has 0 rings (SSSR count). The highest BCUT2D eigenvalue weighted by Crippen LogP contribution is 1.98. The van der Waals surface area contributed by atoms with Crippen molar-refractivity contribution in [2.24, 2.45) is 0 Å². The molecule has 0 fully saturated rings. The van der Waals surface area contributed by atoms with Crippen LogP contribution in [0.3, 0.4) is 0 Å². The van der Waals surface area contributed by atoms with Gasteiger partial charge < -0.3 is 15.3 Å². The monoisotopic (exact) mass is 170 g/mol. The average molecular weight is 170 g/mol. The second-order valence-electron chi connectivity index (χ2n) is 1.97. The molecule has 12 heavy (non-hydrogen) atoms. The third-order valence-corrected chi connectivity index (χ3v) is 1.01. The number of carboxylic acid groups (broad SMARTS) is 1. The van der Waals surface area contributed by atoms with E-state index in [1.54, 1.807) is 0 Å². The zero-order valence-corrected chi connectivity index (χ0v) is 6.40. The van der Waals surface area contributed by atoms with Crippen molar-refractivity contribution < 1.29 is 20.1 Å². The van der Waals surface area contributed by atoms with Crippen molar-refractivity contribution in [1.82, 2.24) is 0 Å². The van der Waals surface area contributed by atoms with Crippen LogP contribution in [0, 0.1) is 0 Å². The number of aliphatic carboxylic acids is 1. The molecule has 0 aromatic carbocycles. The summed E-state index contributed by atoms with van der Waals surface area (Å²) in [6, 6.07) is 0. The number of hydrogen-bond donors (Lipinski definition) is 3. The number of aliphatic hydroxyl groups excluding tert-OH is 2. The molecular weight excluding hydrogens is 160 g/mol. The van der Waals surface area contributed by atoms with Gasteiger partial charge in [-0.3, -0.25) is 0 Å². The summed E-state index contributed by atoms with van der Waals surface area (Å²) in [4.78, 5) is 10.4. The topological polar surface area (TPSA) is 77.8 Å². The Labute approximate surface area is 69.8 Å². The first-order valence-corrected chi connectivity index (χ1v) is 3.18. The summed E-state index contributed by atoms with van der Waals surface area (Å²) in [5.41, 5.74) is -0.0901. The summed E-state index contributed by atoms with van der Waals surface area (Å²) >= 11 is 0. The van der Waals surface area contributed by atoms with Gasteiger partial charge >= 0.3 is 5.97 Å². The molecule has 0 aliphatic heterocycles. The zero-order chi connectivity index (χ0) is 9.56. The van der Waals surface area contributed by atoms with Crippen LogP contribution in [-0.2, 0) is 4.79 Å². The molecule has 0 spiro atoms. The Morgan fingerprint density at radius 1 is 1.33 bits per heavy atom. The zero-order valence-electron chi connectivity index (χ0n) is 6.40. The molecule has 0 heterocycles. The van der Waals surface area contributed by atoms with E-state index in [1.165, 1.54) is 0 Å². The van der Waals surface area contributed by atoms with E-state index in [4.69, 9.17) is 15.3 Å². The Morgan fingerprint density at radius 3 is 2.25 bits per heavy atom. The van der Waals surface area contributed by atoms with Crippen molar-refractivity contribution in [1.29, 1.82) is 0 Å². The van der Waals surface area contributed by atoms with Gasteiger partial charge in [-0.15, -0.1) is 0 Å². The fraction of sp³-hybridized carbons (Fsp3) is 0.125. The maximum atomic E-state index is 10.4. The van der Waals surface area contributed by atoms with Gasteiger partial charge in [0.1, 0.15) is 5.76 Å². The Balaban J connectivity index is 4.45. The molecule has 0 radical (unpaired) electrons. The van der Waals surface area contributed by atoms with Crippen LogP contribution in [0.25, 0.3) is 0 Å². The minimum absolute atomic E-state index is 0.0901. The molecule has 0 unspecified atom stereocenters. The quantitative estimate of drug-likeness (QED) is 0.328. The van der Waals surface area contributed by atoms with Gasteiger partial charge in [0, 0.05) is 0 Å². The van der Waals surface area contributed by atoms with Gasteiger partial charge in [0.2, 0.25) is 0 Å². The Morgan fingerprint density at radius 2 is 1.92 bits per heavy atom. The summed E-state index contributed by atoms with van der Waals surface area (Å²) in [5, 5.41) is 25.5. The smallest absolute Gasteiger partial charge is 0.335 e. The predicted molar refractivity (Wildman–Crippen MR) is 43.7 cm³/mol. The van der Waals surface area contributed by atoms with Gasteiger partial charge in [-0.25, -0.2) is 4.79 Å². The van der Waals surface area contributed by atoms with Crippen molar-refractivity contribution in [3.05, 3.63) is 36.1 Å². The molecule has 4 heteroatoms. The molecule has 0 amide bonds. The minimum atomic E-state index is -1.17. The van der Waals surface area contributed by atoms with Crippen LogP contribution in [-0.4, -0.2) is 27.9 Å². The van der Waals surface area contributed by atoms with Gasteiger partial charge in [-0.1, -0.05) is 6.58 Å². The van der Waals surface area contributed by atoms with E-state index >= 15 is 0 Å². The van der Waals surface area contributed by atoms with E-state index < -0.39 is 5.97 Å². The van der Waals surface area contributed by atoms with Crippen LogP contribution in [0.4, 0.5) is 0 Å². The number of allylic oxidation sites excluding steroid dienone is 1. The minimum Gasteiger partial charge on any atom is -0.509 e. The van der Waals surface area contributed by atoms with Gasteiger partial charge in [-0.2, -0.15) is 0 Å². The Bertz CT molecular complexity index is 237. The second kappa shape index (κ2) is 5.15. The van der Waals surface area contributed by atoms with E-state index in [9.17, 15) is 4.79 Å². The molecule has 0 bridgehead atoms. The molecule has 0 atom stereocenters. The number of carboxylic acids is 1. The molecule has 0 aliphatic carbocycles. The summed E-state index contributed by atoms with van der Waals surface area (Å²) in [7, 11) is 0. The number of hydrogen-bond acceptors (Lipinski definition) is 3. The van der Waals surface area contributed by atoms with E-state index in [-0.39, 0.29) is 17.9 Å². The van der Waals surface area contributed by atoms with Crippen LogP contribution in [0.15, 0.2) is 36.1 Å². The lowest BCUT2D eigenvalue weighted by atomic mass is 10.2. The summed E-state index contributed by atoms with van der Waals surface area (Å²) in [5.74, 6) is -1.40. The largest absolute Gasteiger partial charge is 0.509 e. The summed E-state index contributed by atoms with van der Waals surface area (Å²) < 4.78 is 0. The molecular formula is C8H10O4. The van der Waals surface area contributed by atoms with Crippen molar-refractivity contribution in [2.45, 2.75) is 0 Å². The summed E-state index contributed by atoms with van der Waals surface area (Å²) in [6.07, 6.45) is 3.40. The highest BCUT2D eigenvalue weighted by molar-refractivity contribution is 5.89. The van der Waals surface area contributed by atoms with E-state index in [0.29, 0.717) is 0 Å². The molecule has 0 aromatic heterocycles. The third-order valence-electron chi connectivity index (χ3n) is 1.01. The molecule has 4 nitrogen and oxygen atoms in total. The molecule has 0 aliphatic rings. The first-order valence-electron chi connectivity index (χ1n) is 3.18. The molecule has 0 saturated heterocycles. The van der Waals surface area contributed by atoms with Crippen molar-refractivity contribution in [3.63, 3.8) is 0 Å². The maximum Gasteiger partial charge on any atom is 0.335 e. The van der Waals surface area contributed by atoms with Crippen LogP contribution in [0.5, 0.6) is 0 Å². The SMILES string of the molecule is C=C(O)/C=C\C(=C/CO)C(=O)O. The lowest BCUT2D eigenvalue weighted by Gasteiger charge is -1.92. The van der Waals surface area contributed by atoms with Crippen LogP contribution < -0.4 is 0 Å². The maximum absolute atomic E-state index is 10.4. The third kappa shape index (κ3) is 4.29. The van der Waals surface area contributed by atoms with Crippen LogP contribution in [0.1, 0.15) is 0 Å². The fourth-order valence-corrected chi connectivity index (χ4v) is 0.511. The van der Waals surface area contributed by atoms with Crippen molar-refractivity contribution in [2.75, 3.05) is 6.61 Å². The molecule has 0 aromatic rings. The Hall–Kier alpha value is -1.55. The van der Waals surface area contributed by atoms with Crippen molar-refractivity contribution >= 4 is 5.97 Å². The number of aliphatic hydroxyl groups is 2. The molecule has 66 valence electrons. The highest BCUT2D eigenvalue weighted by Gasteiger charge is 2.00. The standard InChI is InChI=1S/C8H10O4/c1-6(10)2-3-7(4-5-9)8(11)12/h2-4,9-10H,1,5H2,(H,11,12)/b3-2-,7-4+. The highest BCUT2D eigenvalue weighted by atomic mass is 16.4. The van der Waals surface area contributed by atoms with Crippen LogP contribution in [0.2, 0.25) is 0 Å². The van der Waals surface area contributed by atoms with Gasteiger partial charge in [0.25, 0.3) is 0 Å². The predicted octanol–water partition coefficient (Wildman–Crippen LogP) is 0.618. The number of carbonyl (C=O) groups is 1. The first-order chi connectivity index (χ1) is 5.57. The van der Waals surface area contributed by atoms with Crippen LogP contribution >= 0.6 is 0 Å². The van der Waals surface area contributed by atoms with Gasteiger partial charge in [0.15, 0.2) is 0 Å². The lowest BCUT2D eigenvalue weighted by molar-refractivity contribution is -0.132. The Kier molecular flexibility index (Phi) is 4.48. The van der Waals surface area contributed by atoms with Gasteiger partial charge in [-0.05, 0) is 18.2 Å². The fourth-order valence-electron chi connectivity index (χ4n) is 0.511. The van der Waals surface area contributed by atoms with E-state index in [1.807, 2.05) is 0 Å². The molecule has 3 N–H and O–H groups in total. The first kappa shape index (κ1) is 10.4. The van der Waals surface area contributed by atoms with Gasteiger partial charge in [0.05, 0.1) is 12.2 Å². The average Bonchev–Trinajstić information content (AvgIpc) is 1.96. The lowest BCUT2D eigenvalue weighted by Crippen LogP contribution is -1.98. The molecule has 0 saturated carbocycles. The summed E-state index contributed by atoms with van der Waals surface area (Å²) in [6.45, 7) is 2.78. The van der Waals surface area contributed by atoms with Crippen molar-refractivity contribution in [3.8, 4) is 0 Å². The number of rotatable bonds is 4. The normalized spacial score (nSPS) is 11.9. The van der Waals surface area contributed by atoms with E-state index in [0.717, 1.165) is 18.2 Å².